The summed E-state index contributed by atoms with van der Waals surface area (Å²) >= 11 is 7.08. The zero-order valence-corrected chi connectivity index (χ0v) is 10.5. The van der Waals surface area contributed by atoms with Crippen LogP contribution < -0.4 is 4.90 Å². The van der Waals surface area contributed by atoms with E-state index in [-0.39, 0.29) is 11.3 Å². The molecular formula is C10H13ClN2O2S. The predicted octanol–water partition coefficient (Wildman–Crippen LogP) is 1.82. The fourth-order valence-corrected chi connectivity index (χ4v) is 2.83. The lowest BCUT2D eigenvalue weighted by molar-refractivity contribution is 0.103. The highest BCUT2D eigenvalue weighted by molar-refractivity contribution is 7.17. The van der Waals surface area contributed by atoms with Crippen molar-refractivity contribution >= 4 is 34.4 Å². The van der Waals surface area contributed by atoms with Crippen LogP contribution in [0.5, 0.6) is 0 Å². The van der Waals surface area contributed by atoms with Crippen molar-refractivity contribution in [1.29, 1.82) is 0 Å². The number of aliphatic hydroxyl groups is 1. The van der Waals surface area contributed by atoms with Crippen LogP contribution in [0.25, 0.3) is 0 Å². The number of hydrogen-bond acceptors (Lipinski definition) is 5. The van der Waals surface area contributed by atoms with Crippen molar-refractivity contribution in [2.24, 2.45) is 5.92 Å². The number of aldehydes is 1. The van der Waals surface area contributed by atoms with Gasteiger partial charge in [-0.05, 0) is 12.3 Å². The van der Waals surface area contributed by atoms with E-state index >= 15 is 0 Å². The average molecular weight is 261 g/mol. The van der Waals surface area contributed by atoms with E-state index in [1.54, 1.807) is 0 Å². The summed E-state index contributed by atoms with van der Waals surface area (Å²) in [7, 11) is 0. The first-order valence-electron chi connectivity index (χ1n) is 5.16. The molecule has 0 aliphatic carbocycles. The van der Waals surface area contributed by atoms with E-state index in [1.807, 2.05) is 11.8 Å². The molecule has 2 rings (SSSR count). The Kier molecular flexibility index (Phi) is 3.47. The molecule has 2 unspecified atom stereocenters. The number of nitrogens with zero attached hydrogens (tertiary/aromatic N) is 2. The van der Waals surface area contributed by atoms with Gasteiger partial charge >= 0.3 is 0 Å². The van der Waals surface area contributed by atoms with Gasteiger partial charge in [0.15, 0.2) is 16.6 Å². The van der Waals surface area contributed by atoms with Gasteiger partial charge in [0.25, 0.3) is 0 Å². The van der Waals surface area contributed by atoms with Crippen molar-refractivity contribution in [2.45, 2.75) is 19.4 Å². The number of piperidine rings is 1. The fourth-order valence-electron chi connectivity index (χ4n) is 1.73. The Morgan fingerprint density at radius 3 is 3.00 bits per heavy atom. The molecule has 1 aliphatic rings. The van der Waals surface area contributed by atoms with Crippen LogP contribution in [0.1, 0.15) is 23.0 Å². The van der Waals surface area contributed by atoms with Crippen LogP contribution in [0, 0.1) is 5.92 Å². The zero-order chi connectivity index (χ0) is 11.7. The van der Waals surface area contributed by atoms with Crippen molar-refractivity contribution < 1.29 is 9.90 Å². The summed E-state index contributed by atoms with van der Waals surface area (Å²) in [6.07, 6.45) is 1.30. The number of rotatable bonds is 2. The number of hydrogen-bond donors (Lipinski definition) is 1. The molecule has 2 atom stereocenters. The fraction of sp³-hybridized carbons (Fsp3) is 0.600. The average Bonchev–Trinajstić information content (AvgIpc) is 2.64. The minimum absolute atomic E-state index is 0.253. The van der Waals surface area contributed by atoms with E-state index in [1.165, 1.54) is 11.3 Å². The molecular weight excluding hydrogens is 248 g/mol. The quantitative estimate of drug-likeness (QED) is 0.824. The van der Waals surface area contributed by atoms with Crippen LogP contribution >= 0.6 is 22.9 Å². The normalized spacial score (nSPS) is 25.8. The lowest BCUT2D eigenvalue weighted by Crippen LogP contribution is -2.42. The summed E-state index contributed by atoms with van der Waals surface area (Å²) in [6.45, 7) is 3.44. The number of β-amino-alcohol motifs (C(OH)–C–C–N with tert-alkyl or cyclic N) is 1. The van der Waals surface area contributed by atoms with Crippen molar-refractivity contribution in [3.8, 4) is 0 Å². The lowest BCUT2D eigenvalue weighted by Gasteiger charge is -2.33. The molecule has 6 heteroatoms. The van der Waals surface area contributed by atoms with E-state index in [2.05, 4.69) is 4.98 Å². The Hall–Kier alpha value is -0.650. The highest BCUT2D eigenvalue weighted by Gasteiger charge is 2.26. The third-order valence-corrected chi connectivity index (χ3v) is 4.34. The van der Waals surface area contributed by atoms with Crippen LogP contribution in [-0.4, -0.2) is 35.6 Å². The van der Waals surface area contributed by atoms with Crippen LogP contribution in [0.4, 0.5) is 5.13 Å². The Balaban J connectivity index is 2.15. The number of anilines is 1. The van der Waals surface area contributed by atoms with E-state index in [9.17, 15) is 9.90 Å². The van der Waals surface area contributed by atoms with Crippen LogP contribution in [0.15, 0.2) is 0 Å². The molecule has 0 saturated carbocycles. The number of carbonyl (C=O) groups excluding carboxylic acids is 1. The maximum atomic E-state index is 10.7. The molecule has 0 spiro atoms. The molecule has 88 valence electrons. The standard InChI is InChI=1S/C10H13ClN2O2S/c1-6-2-3-13(4-7(6)15)10-12-9(11)8(5-14)16-10/h5-7,15H,2-4H2,1H3. The summed E-state index contributed by atoms with van der Waals surface area (Å²) < 4.78 is 0. The van der Waals surface area contributed by atoms with Gasteiger partial charge in [-0.2, -0.15) is 0 Å². The van der Waals surface area contributed by atoms with Crippen LogP contribution in [0.3, 0.4) is 0 Å². The van der Waals surface area contributed by atoms with E-state index in [0.717, 1.165) is 18.1 Å². The van der Waals surface area contributed by atoms with Gasteiger partial charge in [0.1, 0.15) is 4.88 Å². The van der Waals surface area contributed by atoms with Gasteiger partial charge in [-0.25, -0.2) is 4.98 Å². The molecule has 0 bridgehead atoms. The second kappa shape index (κ2) is 4.69. The van der Waals surface area contributed by atoms with Crippen LogP contribution in [0.2, 0.25) is 5.15 Å². The van der Waals surface area contributed by atoms with E-state index in [0.29, 0.717) is 23.6 Å². The molecule has 0 radical (unpaired) electrons. The first-order valence-corrected chi connectivity index (χ1v) is 6.35. The molecule has 1 aliphatic heterocycles. The Labute approximate surface area is 103 Å². The molecule has 1 fully saturated rings. The second-order valence-corrected chi connectivity index (χ2v) is 5.42. The highest BCUT2D eigenvalue weighted by atomic mass is 35.5. The summed E-state index contributed by atoms with van der Waals surface area (Å²) in [5, 5.41) is 10.7. The van der Waals surface area contributed by atoms with Crippen molar-refractivity contribution in [2.75, 3.05) is 18.0 Å². The third kappa shape index (κ3) is 2.21. The Bertz CT molecular complexity index is 396. The summed E-state index contributed by atoms with van der Waals surface area (Å²) in [4.78, 5) is 17.2. The van der Waals surface area contributed by atoms with Crippen molar-refractivity contribution in [3.05, 3.63) is 10.0 Å². The summed E-state index contributed by atoms with van der Waals surface area (Å²) in [6, 6.07) is 0. The van der Waals surface area contributed by atoms with Gasteiger partial charge in [0.05, 0.1) is 6.10 Å². The molecule has 1 N–H and O–H groups in total. The van der Waals surface area contributed by atoms with Gasteiger partial charge < -0.3 is 10.0 Å². The van der Waals surface area contributed by atoms with E-state index in [4.69, 9.17) is 11.6 Å². The third-order valence-electron chi connectivity index (χ3n) is 2.89. The molecule has 0 aromatic carbocycles. The van der Waals surface area contributed by atoms with Crippen molar-refractivity contribution in [1.82, 2.24) is 4.98 Å². The maximum Gasteiger partial charge on any atom is 0.187 e. The molecule has 1 aromatic rings. The molecule has 4 nitrogen and oxygen atoms in total. The monoisotopic (exact) mass is 260 g/mol. The minimum Gasteiger partial charge on any atom is -0.391 e. The maximum absolute atomic E-state index is 10.7. The number of aliphatic hydroxyl groups excluding tert-OH is 1. The van der Waals surface area contributed by atoms with E-state index < -0.39 is 0 Å². The number of aromatic nitrogens is 1. The molecule has 0 amide bonds. The smallest absolute Gasteiger partial charge is 0.187 e. The molecule has 1 saturated heterocycles. The zero-order valence-electron chi connectivity index (χ0n) is 8.89. The number of carbonyl (C=O) groups is 1. The first-order chi connectivity index (χ1) is 7.61. The minimum atomic E-state index is -0.337. The van der Waals surface area contributed by atoms with Gasteiger partial charge in [-0.3, -0.25) is 4.79 Å². The van der Waals surface area contributed by atoms with Crippen LogP contribution in [-0.2, 0) is 0 Å². The lowest BCUT2D eigenvalue weighted by atomic mass is 9.96. The van der Waals surface area contributed by atoms with Gasteiger partial charge in [0.2, 0.25) is 0 Å². The topological polar surface area (TPSA) is 53.4 Å². The molecule has 1 aromatic heterocycles. The first kappa shape index (κ1) is 11.8. The second-order valence-electron chi connectivity index (χ2n) is 4.05. The molecule has 2 heterocycles. The molecule has 16 heavy (non-hydrogen) atoms. The highest BCUT2D eigenvalue weighted by Crippen LogP contribution is 2.31. The Morgan fingerprint density at radius 1 is 1.69 bits per heavy atom. The Morgan fingerprint density at radius 2 is 2.44 bits per heavy atom. The SMILES string of the molecule is CC1CCN(c2nc(Cl)c(C=O)s2)CC1O. The number of halogens is 1. The summed E-state index contributed by atoms with van der Waals surface area (Å²) in [5.41, 5.74) is 0. The largest absolute Gasteiger partial charge is 0.391 e. The van der Waals surface area contributed by atoms with Gasteiger partial charge in [0, 0.05) is 13.1 Å². The van der Waals surface area contributed by atoms with Crippen molar-refractivity contribution in [3.63, 3.8) is 0 Å². The number of thiazole rings is 1. The van der Waals surface area contributed by atoms with Gasteiger partial charge in [-0.15, -0.1) is 0 Å². The predicted molar refractivity (Wildman–Crippen MR) is 64.5 cm³/mol. The van der Waals surface area contributed by atoms with Gasteiger partial charge in [-0.1, -0.05) is 29.9 Å². The summed E-state index contributed by atoms with van der Waals surface area (Å²) in [5.74, 6) is 0.317.